The van der Waals surface area contributed by atoms with E-state index in [9.17, 15) is 9.59 Å². The molecule has 1 aliphatic heterocycles. The zero-order valence-electron chi connectivity index (χ0n) is 16.2. The van der Waals surface area contributed by atoms with Crippen LogP contribution in [-0.4, -0.2) is 72.3 Å². The lowest BCUT2D eigenvalue weighted by atomic mass is 10.0. The lowest BCUT2D eigenvalue weighted by Crippen LogP contribution is -2.52. The maximum atomic E-state index is 12.5. The van der Waals surface area contributed by atoms with Gasteiger partial charge < -0.3 is 15.5 Å². The van der Waals surface area contributed by atoms with Crippen LogP contribution in [0.15, 0.2) is 30.3 Å². The Morgan fingerprint density at radius 1 is 0.963 bits per heavy atom. The quantitative estimate of drug-likeness (QED) is 0.734. The first-order valence-electron chi connectivity index (χ1n) is 9.13. The number of halogens is 2. The molecule has 0 bridgehead atoms. The van der Waals surface area contributed by atoms with Crippen LogP contribution >= 0.6 is 24.8 Å². The van der Waals surface area contributed by atoms with E-state index >= 15 is 0 Å². The van der Waals surface area contributed by atoms with E-state index in [1.807, 2.05) is 40.1 Å². The first-order chi connectivity index (χ1) is 12.0. The maximum Gasteiger partial charge on any atom is 0.236 e. The monoisotopic (exact) mass is 418 g/mol. The highest BCUT2D eigenvalue weighted by atomic mass is 35.5. The van der Waals surface area contributed by atoms with Crippen LogP contribution in [0.5, 0.6) is 0 Å². The van der Waals surface area contributed by atoms with Gasteiger partial charge in [-0.2, -0.15) is 0 Å². The second-order valence-corrected chi connectivity index (χ2v) is 6.44. The summed E-state index contributed by atoms with van der Waals surface area (Å²) in [5.41, 5.74) is 7.12. The summed E-state index contributed by atoms with van der Waals surface area (Å²) in [5, 5.41) is 0. The molecule has 0 radical (unpaired) electrons. The third kappa shape index (κ3) is 7.66. The summed E-state index contributed by atoms with van der Waals surface area (Å²) in [5.74, 6) is 0.212. The average Bonchev–Trinajstić information content (AvgIpc) is 2.66. The Kier molecular flexibility index (Phi) is 12.3. The lowest BCUT2D eigenvalue weighted by Gasteiger charge is -2.36. The van der Waals surface area contributed by atoms with Crippen LogP contribution < -0.4 is 5.73 Å². The molecule has 1 saturated heterocycles. The number of piperazine rings is 1. The van der Waals surface area contributed by atoms with Gasteiger partial charge in [-0.05, 0) is 18.7 Å². The first kappa shape index (κ1) is 25.7. The SMILES string of the molecule is CCN(CC)CC(=O)N1CCN(C(=O)CC(N)c2ccccc2)CC1.Cl.Cl. The van der Waals surface area contributed by atoms with Gasteiger partial charge in [-0.15, -0.1) is 24.8 Å². The maximum absolute atomic E-state index is 12.5. The van der Waals surface area contributed by atoms with Gasteiger partial charge in [-0.25, -0.2) is 0 Å². The van der Waals surface area contributed by atoms with Crippen molar-refractivity contribution in [2.24, 2.45) is 5.73 Å². The molecule has 0 saturated carbocycles. The Bertz CT molecular complexity index is 562. The van der Waals surface area contributed by atoms with E-state index in [2.05, 4.69) is 18.7 Å². The zero-order valence-corrected chi connectivity index (χ0v) is 17.8. The standard InChI is InChI=1S/C19H30N4O2.2ClH/c1-3-21(4-2)15-19(25)23-12-10-22(11-13-23)18(24)14-17(20)16-8-6-5-7-9-16;;/h5-9,17H,3-4,10-15,20H2,1-2H3;2*1H. The molecule has 8 heteroatoms. The minimum Gasteiger partial charge on any atom is -0.339 e. The van der Waals surface area contributed by atoms with Crippen LogP contribution in [0.4, 0.5) is 0 Å². The normalized spacial score (nSPS) is 15.0. The molecule has 2 rings (SSSR count). The number of likely N-dealkylation sites (N-methyl/N-ethyl adjacent to an activating group) is 1. The van der Waals surface area contributed by atoms with Gasteiger partial charge in [-0.1, -0.05) is 44.2 Å². The van der Waals surface area contributed by atoms with Crippen LogP contribution in [0.25, 0.3) is 0 Å². The number of nitrogens with two attached hydrogens (primary N) is 1. The highest BCUT2D eigenvalue weighted by Gasteiger charge is 2.25. The van der Waals surface area contributed by atoms with Crippen molar-refractivity contribution < 1.29 is 9.59 Å². The number of hydrogen-bond donors (Lipinski definition) is 1. The van der Waals surface area contributed by atoms with Crippen molar-refractivity contribution in [3.63, 3.8) is 0 Å². The molecule has 154 valence electrons. The molecule has 1 heterocycles. The molecule has 27 heavy (non-hydrogen) atoms. The molecule has 1 atom stereocenters. The molecule has 1 aromatic carbocycles. The molecule has 1 aromatic rings. The highest BCUT2D eigenvalue weighted by Crippen LogP contribution is 2.15. The molecule has 0 spiro atoms. The molecule has 0 aliphatic carbocycles. The number of carbonyl (C=O) groups excluding carboxylic acids is 2. The Labute approximate surface area is 174 Å². The number of nitrogens with zero attached hydrogens (tertiary/aromatic N) is 3. The van der Waals surface area contributed by atoms with Crippen LogP contribution in [0.3, 0.4) is 0 Å². The third-order valence-corrected chi connectivity index (χ3v) is 4.86. The fourth-order valence-corrected chi connectivity index (χ4v) is 3.08. The van der Waals surface area contributed by atoms with Gasteiger partial charge in [0.15, 0.2) is 0 Å². The van der Waals surface area contributed by atoms with Crippen LogP contribution in [0.1, 0.15) is 31.9 Å². The number of rotatable bonds is 7. The van der Waals surface area contributed by atoms with Crippen molar-refractivity contribution >= 4 is 36.6 Å². The molecule has 1 aliphatic rings. The number of carbonyl (C=O) groups is 2. The summed E-state index contributed by atoms with van der Waals surface area (Å²) < 4.78 is 0. The lowest BCUT2D eigenvalue weighted by molar-refractivity contribution is -0.140. The van der Waals surface area contributed by atoms with E-state index in [4.69, 9.17) is 5.73 Å². The number of hydrogen-bond acceptors (Lipinski definition) is 4. The minimum atomic E-state index is -0.281. The van der Waals surface area contributed by atoms with E-state index in [1.54, 1.807) is 0 Å². The molecule has 0 aromatic heterocycles. The molecule has 1 fully saturated rings. The van der Waals surface area contributed by atoms with Crippen LogP contribution in [0, 0.1) is 0 Å². The third-order valence-electron chi connectivity index (χ3n) is 4.86. The van der Waals surface area contributed by atoms with Crippen molar-refractivity contribution in [1.29, 1.82) is 0 Å². The van der Waals surface area contributed by atoms with Crippen LogP contribution in [-0.2, 0) is 9.59 Å². The minimum absolute atomic E-state index is 0. The Hall–Kier alpha value is -1.34. The second-order valence-electron chi connectivity index (χ2n) is 6.44. The highest BCUT2D eigenvalue weighted by molar-refractivity contribution is 5.85. The number of benzene rings is 1. The summed E-state index contributed by atoms with van der Waals surface area (Å²) >= 11 is 0. The fourth-order valence-electron chi connectivity index (χ4n) is 3.08. The largest absolute Gasteiger partial charge is 0.339 e. The van der Waals surface area contributed by atoms with Gasteiger partial charge in [0, 0.05) is 38.6 Å². The van der Waals surface area contributed by atoms with E-state index < -0.39 is 0 Å². The van der Waals surface area contributed by atoms with E-state index in [1.165, 1.54) is 0 Å². The molecular formula is C19H32Cl2N4O2. The van der Waals surface area contributed by atoms with Crippen molar-refractivity contribution in [3.8, 4) is 0 Å². The molecule has 2 amide bonds. The number of amides is 2. The van der Waals surface area contributed by atoms with Gasteiger partial charge in [-0.3, -0.25) is 14.5 Å². The second kappa shape index (κ2) is 12.9. The summed E-state index contributed by atoms with van der Waals surface area (Å²) in [6.07, 6.45) is 0.303. The van der Waals surface area contributed by atoms with E-state index in [0.29, 0.717) is 39.1 Å². The molecule has 2 N–H and O–H groups in total. The Balaban J connectivity index is 0.00000338. The predicted molar refractivity (Wildman–Crippen MR) is 113 cm³/mol. The van der Waals surface area contributed by atoms with Gasteiger partial charge in [0.25, 0.3) is 0 Å². The summed E-state index contributed by atoms with van der Waals surface area (Å²) in [4.78, 5) is 30.6. The van der Waals surface area contributed by atoms with E-state index in [-0.39, 0.29) is 42.7 Å². The fraction of sp³-hybridized carbons (Fsp3) is 0.579. The summed E-state index contributed by atoms with van der Waals surface area (Å²) in [6, 6.07) is 9.41. The van der Waals surface area contributed by atoms with Crippen molar-refractivity contribution in [1.82, 2.24) is 14.7 Å². The van der Waals surface area contributed by atoms with Gasteiger partial charge in [0.2, 0.25) is 11.8 Å². The van der Waals surface area contributed by atoms with Gasteiger partial charge >= 0.3 is 0 Å². The smallest absolute Gasteiger partial charge is 0.236 e. The topological polar surface area (TPSA) is 69.9 Å². The van der Waals surface area contributed by atoms with Crippen molar-refractivity contribution in [3.05, 3.63) is 35.9 Å². The zero-order chi connectivity index (χ0) is 18.2. The van der Waals surface area contributed by atoms with Gasteiger partial charge in [0.05, 0.1) is 6.54 Å². The van der Waals surface area contributed by atoms with Crippen molar-refractivity contribution in [2.75, 3.05) is 45.8 Å². The summed E-state index contributed by atoms with van der Waals surface area (Å²) in [6.45, 7) is 8.70. The molecule has 1 unspecified atom stereocenters. The summed E-state index contributed by atoms with van der Waals surface area (Å²) in [7, 11) is 0. The molecular weight excluding hydrogens is 387 g/mol. The van der Waals surface area contributed by atoms with Crippen molar-refractivity contribution in [2.45, 2.75) is 26.3 Å². The van der Waals surface area contributed by atoms with Gasteiger partial charge in [0.1, 0.15) is 0 Å². The predicted octanol–water partition coefficient (Wildman–Crippen LogP) is 1.93. The Morgan fingerprint density at radius 2 is 1.44 bits per heavy atom. The first-order valence-corrected chi connectivity index (χ1v) is 9.13. The van der Waals surface area contributed by atoms with Crippen LogP contribution in [0.2, 0.25) is 0 Å². The average molecular weight is 419 g/mol. The molecule has 6 nitrogen and oxygen atoms in total. The Morgan fingerprint density at radius 3 is 1.93 bits per heavy atom. The van der Waals surface area contributed by atoms with E-state index in [0.717, 1.165) is 18.7 Å².